The molecule has 0 spiro atoms. The highest BCUT2D eigenvalue weighted by molar-refractivity contribution is 5.92. The summed E-state index contributed by atoms with van der Waals surface area (Å²) in [6.45, 7) is 12.1. The van der Waals surface area contributed by atoms with E-state index >= 15 is 0 Å². The van der Waals surface area contributed by atoms with Crippen LogP contribution in [0.1, 0.15) is 54.1 Å². The van der Waals surface area contributed by atoms with Gasteiger partial charge in [-0.2, -0.15) is 0 Å². The highest BCUT2D eigenvalue weighted by Gasteiger charge is 2.32. The second-order valence-corrected chi connectivity index (χ2v) is 8.95. The minimum atomic E-state index is -0.0663. The fourth-order valence-electron chi connectivity index (χ4n) is 4.55. The summed E-state index contributed by atoms with van der Waals surface area (Å²) >= 11 is 0. The van der Waals surface area contributed by atoms with Gasteiger partial charge in [0.15, 0.2) is 11.5 Å². The standard InChI is InChI=1S/C24H33N3O4/c1-16-5-6-21(11-17(16)2)29-15-22-12-23(25-31-22)24(28)26-9-7-20(8-10-26)27-13-18(3)30-19(4)14-27/h5-6,11-12,18-20H,7-10,13-15H2,1-4H3/t18-,19+. The summed E-state index contributed by atoms with van der Waals surface area (Å²) in [7, 11) is 0. The summed E-state index contributed by atoms with van der Waals surface area (Å²) in [6.07, 6.45) is 2.49. The zero-order valence-corrected chi connectivity index (χ0v) is 19.0. The van der Waals surface area contributed by atoms with E-state index in [0.717, 1.165) is 44.8 Å². The normalized spacial score (nSPS) is 23.2. The zero-order valence-electron chi connectivity index (χ0n) is 19.0. The van der Waals surface area contributed by atoms with E-state index in [9.17, 15) is 4.79 Å². The molecule has 168 valence electrons. The number of aromatic nitrogens is 1. The molecule has 1 aromatic heterocycles. The average Bonchev–Trinajstić information content (AvgIpc) is 3.22. The minimum Gasteiger partial charge on any atom is -0.486 e. The third-order valence-electron chi connectivity index (χ3n) is 6.35. The summed E-state index contributed by atoms with van der Waals surface area (Å²) in [5.74, 6) is 1.26. The maximum atomic E-state index is 12.9. The first-order valence-electron chi connectivity index (χ1n) is 11.2. The van der Waals surface area contributed by atoms with Crippen LogP contribution in [-0.4, -0.2) is 65.3 Å². The van der Waals surface area contributed by atoms with Gasteiger partial charge in [0, 0.05) is 38.3 Å². The van der Waals surface area contributed by atoms with E-state index in [2.05, 4.69) is 37.8 Å². The Labute approximate surface area is 184 Å². The largest absolute Gasteiger partial charge is 0.486 e. The van der Waals surface area contributed by atoms with Gasteiger partial charge in [0.05, 0.1) is 12.2 Å². The summed E-state index contributed by atoms with van der Waals surface area (Å²) in [5.41, 5.74) is 2.75. The van der Waals surface area contributed by atoms with E-state index in [0.29, 0.717) is 17.5 Å². The van der Waals surface area contributed by atoms with Crippen molar-refractivity contribution in [2.45, 2.75) is 65.4 Å². The van der Waals surface area contributed by atoms with Crippen molar-refractivity contribution in [1.82, 2.24) is 15.0 Å². The van der Waals surface area contributed by atoms with Gasteiger partial charge in [-0.1, -0.05) is 11.2 Å². The molecule has 2 aromatic rings. The molecule has 2 aliphatic rings. The first kappa shape index (κ1) is 21.8. The van der Waals surface area contributed by atoms with Gasteiger partial charge in [0.1, 0.15) is 12.4 Å². The number of hydrogen-bond acceptors (Lipinski definition) is 6. The molecular weight excluding hydrogens is 394 g/mol. The number of carbonyl (C=O) groups excluding carboxylic acids is 1. The Bertz CT molecular complexity index is 894. The smallest absolute Gasteiger partial charge is 0.276 e. The van der Waals surface area contributed by atoms with E-state index in [1.54, 1.807) is 6.07 Å². The number of hydrogen-bond donors (Lipinski definition) is 0. The van der Waals surface area contributed by atoms with Crippen molar-refractivity contribution in [3.63, 3.8) is 0 Å². The van der Waals surface area contributed by atoms with Crippen LogP contribution in [0.15, 0.2) is 28.8 Å². The van der Waals surface area contributed by atoms with Crippen LogP contribution in [0.5, 0.6) is 5.75 Å². The van der Waals surface area contributed by atoms with Gasteiger partial charge < -0.3 is 18.9 Å². The third kappa shape index (κ3) is 5.28. The molecule has 31 heavy (non-hydrogen) atoms. The van der Waals surface area contributed by atoms with Gasteiger partial charge in [0.2, 0.25) is 0 Å². The van der Waals surface area contributed by atoms with Crippen LogP contribution in [-0.2, 0) is 11.3 Å². The van der Waals surface area contributed by atoms with Crippen molar-refractivity contribution >= 4 is 5.91 Å². The van der Waals surface area contributed by atoms with Crippen molar-refractivity contribution in [3.05, 3.63) is 46.8 Å². The molecule has 0 saturated carbocycles. The SMILES string of the molecule is Cc1ccc(OCc2cc(C(=O)N3CCC(N4C[C@@H](C)O[C@@H](C)C4)CC3)no2)cc1C. The molecule has 2 fully saturated rings. The van der Waals surface area contributed by atoms with Crippen LogP contribution >= 0.6 is 0 Å². The van der Waals surface area contributed by atoms with Crippen molar-refractivity contribution in [2.75, 3.05) is 26.2 Å². The number of carbonyl (C=O) groups is 1. The molecule has 2 aliphatic heterocycles. The minimum absolute atomic E-state index is 0.0663. The number of benzene rings is 1. The Hall–Kier alpha value is -2.38. The number of ether oxygens (including phenoxy) is 2. The number of morpholine rings is 1. The predicted molar refractivity (Wildman–Crippen MR) is 117 cm³/mol. The van der Waals surface area contributed by atoms with Crippen molar-refractivity contribution in [3.8, 4) is 5.75 Å². The number of aryl methyl sites for hydroxylation is 2. The molecule has 1 aromatic carbocycles. The van der Waals surface area contributed by atoms with E-state index in [4.69, 9.17) is 14.0 Å². The van der Waals surface area contributed by atoms with E-state index < -0.39 is 0 Å². The Morgan fingerprint density at radius 3 is 2.48 bits per heavy atom. The zero-order chi connectivity index (χ0) is 22.0. The van der Waals surface area contributed by atoms with Crippen LogP contribution in [0, 0.1) is 13.8 Å². The second kappa shape index (κ2) is 9.40. The average molecular weight is 428 g/mol. The lowest BCUT2D eigenvalue weighted by Crippen LogP contribution is -2.53. The number of piperidine rings is 1. The van der Waals surface area contributed by atoms with Gasteiger partial charge in [0.25, 0.3) is 5.91 Å². The lowest BCUT2D eigenvalue weighted by molar-refractivity contribution is -0.0856. The fourth-order valence-corrected chi connectivity index (χ4v) is 4.55. The molecule has 2 saturated heterocycles. The predicted octanol–water partition coefficient (Wildman–Crippen LogP) is 3.58. The third-order valence-corrected chi connectivity index (χ3v) is 6.35. The van der Waals surface area contributed by atoms with Gasteiger partial charge in [-0.15, -0.1) is 0 Å². The quantitative estimate of drug-likeness (QED) is 0.727. The topological polar surface area (TPSA) is 68.0 Å². The van der Waals surface area contributed by atoms with Crippen molar-refractivity contribution in [1.29, 1.82) is 0 Å². The molecule has 0 bridgehead atoms. The summed E-state index contributed by atoms with van der Waals surface area (Å²) in [5, 5.41) is 3.99. The van der Waals surface area contributed by atoms with Crippen molar-refractivity contribution < 1.29 is 18.8 Å². The number of nitrogens with zero attached hydrogens (tertiary/aromatic N) is 3. The van der Waals surface area contributed by atoms with E-state index in [-0.39, 0.29) is 24.7 Å². The number of likely N-dealkylation sites (tertiary alicyclic amines) is 1. The van der Waals surface area contributed by atoms with Gasteiger partial charge >= 0.3 is 0 Å². The summed E-state index contributed by atoms with van der Waals surface area (Å²) in [6, 6.07) is 8.17. The maximum absolute atomic E-state index is 12.9. The number of rotatable bonds is 5. The van der Waals surface area contributed by atoms with Gasteiger partial charge in [-0.25, -0.2) is 0 Å². The van der Waals surface area contributed by atoms with E-state index in [1.807, 2.05) is 23.1 Å². The molecule has 7 heteroatoms. The molecule has 0 radical (unpaired) electrons. The molecule has 1 amide bonds. The number of amides is 1. The van der Waals surface area contributed by atoms with E-state index in [1.165, 1.54) is 11.1 Å². The molecule has 0 N–H and O–H groups in total. The molecule has 0 unspecified atom stereocenters. The summed E-state index contributed by atoms with van der Waals surface area (Å²) in [4.78, 5) is 17.3. The van der Waals surface area contributed by atoms with Gasteiger partial charge in [-0.3, -0.25) is 9.69 Å². The highest BCUT2D eigenvalue weighted by atomic mass is 16.5. The lowest BCUT2D eigenvalue weighted by Gasteiger charge is -2.43. The molecule has 3 heterocycles. The fraction of sp³-hybridized carbons (Fsp3) is 0.583. The van der Waals surface area contributed by atoms with Crippen LogP contribution in [0.4, 0.5) is 0 Å². The Kier molecular flexibility index (Phi) is 6.62. The Morgan fingerprint density at radius 2 is 1.81 bits per heavy atom. The highest BCUT2D eigenvalue weighted by Crippen LogP contribution is 2.23. The molecular formula is C24H33N3O4. The molecule has 2 atom stereocenters. The Morgan fingerprint density at radius 1 is 1.10 bits per heavy atom. The first-order chi connectivity index (χ1) is 14.9. The van der Waals surface area contributed by atoms with Crippen LogP contribution in [0.3, 0.4) is 0 Å². The van der Waals surface area contributed by atoms with Gasteiger partial charge in [-0.05, 0) is 63.8 Å². The van der Waals surface area contributed by atoms with Crippen LogP contribution in [0.2, 0.25) is 0 Å². The van der Waals surface area contributed by atoms with Crippen molar-refractivity contribution in [2.24, 2.45) is 0 Å². The molecule has 4 rings (SSSR count). The maximum Gasteiger partial charge on any atom is 0.276 e. The Balaban J connectivity index is 1.28. The molecule has 7 nitrogen and oxygen atoms in total. The monoisotopic (exact) mass is 427 g/mol. The second-order valence-electron chi connectivity index (χ2n) is 8.95. The molecule has 0 aliphatic carbocycles. The first-order valence-corrected chi connectivity index (χ1v) is 11.2. The summed E-state index contributed by atoms with van der Waals surface area (Å²) < 4.78 is 17.0. The van der Waals surface area contributed by atoms with Crippen LogP contribution < -0.4 is 4.74 Å². The van der Waals surface area contributed by atoms with Crippen LogP contribution in [0.25, 0.3) is 0 Å². The lowest BCUT2D eigenvalue weighted by atomic mass is 10.0.